The first-order valence-electron chi connectivity index (χ1n) is 6.89. The summed E-state index contributed by atoms with van der Waals surface area (Å²) in [6.07, 6.45) is 0.145. The minimum atomic E-state index is -0.0860. The molecule has 0 radical (unpaired) electrons. The van der Waals surface area contributed by atoms with Gasteiger partial charge in [0.2, 0.25) is 0 Å². The van der Waals surface area contributed by atoms with Crippen LogP contribution in [0.2, 0.25) is 0 Å². The van der Waals surface area contributed by atoms with Crippen LogP contribution in [-0.2, 0) is 12.0 Å². The molecule has 0 saturated heterocycles. The summed E-state index contributed by atoms with van der Waals surface area (Å²) < 4.78 is 7.67. The van der Waals surface area contributed by atoms with E-state index in [1.54, 1.807) is 0 Å². The summed E-state index contributed by atoms with van der Waals surface area (Å²) in [5.41, 5.74) is 0.996. The number of nitrogens with zero attached hydrogens (tertiary/aromatic N) is 4. The van der Waals surface area contributed by atoms with Gasteiger partial charge in [-0.3, -0.25) is 0 Å². The number of rotatable bonds is 4. The molecule has 20 heavy (non-hydrogen) atoms. The molecule has 0 bridgehead atoms. The van der Waals surface area contributed by atoms with E-state index in [0.29, 0.717) is 6.54 Å². The van der Waals surface area contributed by atoms with Crippen molar-refractivity contribution < 1.29 is 4.74 Å². The molecule has 1 heterocycles. The minimum Gasteiger partial charge on any atom is -0.491 e. The van der Waals surface area contributed by atoms with Crippen LogP contribution < -0.4 is 4.74 Å². The van der Waals surface area contributed by atoms with E-state index in [-0.39, 0.29) is 11.5 Å². The number of para-hydroxylation sites is 1. The number of aromatic nitrogens is 4. The zero-order valence-corrected chi connectivity index (χ0v) is 12.8. The molecule has 0 amide bonds. The molecule has 0 saturated carbocycles. The van der Waals surface area contributed by atoms with Crippen molar-refractivity contribution >= 4 is 0 Å². The van der Waals surface area contributed by atoms with Gasteiger partial charge in [0.1, 0.15) is 5.75 Å². The predicted octanol–water partition coefficient (Wildman–Crippen LogP) is 2.81. The Morgan fingerprint density at radius 1 is 1.20 bits per heavy atom. The van der Waals surface area contributed by atoms with E-state index in [1.165, 1.54) is 0 Å². The van der Waals surface area contributed by atoms with Gasteiger partial charge in [0.05, 0.1) is 12.6 Å². The zero-order valence-electron chi connectivity index (χ0n) is 12.8. The average Bonchev–Trinajstić information content (AvgIpc) is 2.79. The lowest BCUT2D eigenvalue weighted by atomic mass is 9.96. The highest BCUT2D eigenvalue weighted by Gasteiger charge is 2.22. The predicted molar refractivity (Wildman–Crippen MR) is 77.8 cm³/mol. The highest BCUT2D eigenvalue weighted by atomic mass is 16.5. The quantitative estimate of drug-likeness (QED) is 0.860. The number of ether oxygens (including phenoxy) is 1. The van der Waals surface area contributed by atoms with Crippen molar-refractivity contribution in [3.8, 4) is 5.75 Å². The maximum atomic E-state index is 5.84. The second-order valence-electron chi connectivity index (χ2n) is 6.18. The van der Waals surface area contributed by atoms with Gasteiger partial charge in [0, 0.05) is 11.0 Å². The molecule has 0 fully saturated rings. The van der Waals surface area contributed by atoms with Crippen molar-refractivity contribution in [1.82, 2.24) is 20.2 Å². The van der Waals surface area contributed by atoms with Crippen molar-refractivity contribution in [1.29, 1.82) is 0 Å². The van der Waals surface area contributed by atoms with E-state index < -0.39 is 0 Å². The van der Waals surface area contributed by atoms with Crippen molar-refractivity contribution in [2.45, 2.75) is 52.7 Å². The molecule has 0 aliphatic heterocycles. The second kappa shape index (κ2) is 5.61. The van der Waals surface area contributed by atoms with E-state index >= 15 is 0 Å². The Kier molecular flexibility index (Phi) is 4.06. The highest BCUT2D eigenvalue weighted by Crippen LogP contribution is 2.23. The molecule has 5 nitrogen and oxygen atoms in total. The van der Waals surface area contributed by atoms with Crippen LogP contribution in [0.5, 0.6) is 5.75 Å². The molecule has 1 aromatic carbocycles. The molecule has 5 heteroatoms. The van der Waals surface area contributed by atoms with Gasteiger partial charge in [-0.2, -0.15) is 0 Å². The Morgan fingerprint density at radius 3 is 2.55 bits per heavy atom. The molecule has 0 N–H and O–H groups in total. The van der Waals surface area contributed by atoms with E-state index in [2.05, 4.69) is 36.3 Å². The third kappa shape index (κ3) is 3.35. The lowest BCUT2D eigenvalue weighted by Crippen LogP contribution is -2.20. The lowest BCUT2D eigenvalue weighted by molar-refractivity contribution is 0.239. The Hall–Kier alpha value is -1.91. The standard InChI is InChI=1S/C15H22N4O/c1-11(2)20-13-9-7-6-8-12(13)10-19-14(15(3,4)5)16-17-18-19/h6-9,11H,10H2,1-5H3. The monoisotopic (exact) mass is 274 g/mol. The Morgan fingerprint density at radius 2 is 1.90 bits per heavy atom. The van der Waals surface area contributed by atoms with Crippen molar-refractivity contribution in [2.24, 2.45) is 0 Å². The molecule has 2 rings (SSSR count). The third-order valence-corrected chi connectivity index (χ3v) is 2.86. The van der Waals surface area contributed by atoms with Crippen molar-refractivity contribution in [3.63, 3.8) is 0 Å². The maximum Gasteiger partial charge on any atom is 0.156 e. The molecule has 0 aliphatic rings. The van der Waals surface area contributed by atoms with Crippen molar-refractivity contribution in [3.05, 3.63) is 35.7 Å². The van der Waals surface area contributed by atoms with E-state index in [4.69, 9.17) is 4.74 Å². The van der Waals surface area contributed by atoms with Crippen LogP contribution in [0, 0.1) is 0 Å². The number of hydrogen-bond donors (Lipinski definition) is 0. The number of tetrazole rings is 1. The van der Waals surface area contributed by atoms with Gasteiger partial charge in [-0.05, 0) is 30.3 Å². The molecular weight excluding hydrogens is 252 g/mol. The summed E-state index contributed by atoms with van der Waals surface area (Å²) in [5.74, 6) is 1.76. The molecule has 1 aromatic heterocycles. The second-order valence-corrected chi connectivity index (χ2v) is 6.18. The first kappa shape index (κ1) is 14.5. The molecule has 108 valence electrons. The third-order valence-electron chi connectivity index (χ3n) is 2.86. The van der Waals surface area contributed by atoms with Gasteiger partial charge in [0.25, 0.3) is 0 Å². The summed E-state index contributed by atoms with van der Waals surface area (Å²) in [7, 11) is 0. The summed E-state index contributed by atoms with van der Waals surface area (Å²) >= 11 is 0. The topological polar surface area (TPSA) is 52.8 Å². The largest absolute Gasteiger partial charge is 0.491 e. The van der Waals surface area contributed by atoms with Crippen LogP contribution in [-0.4, -0.2) is 26.3 Å². The molecule has 2 aromatic rings. The normalized spacial score (nSPS) is 11.9. The SMILES string of the molecule is CC(C)Oc1ccccc1Cn1nnnc1C(C)(C)C. The van der Waals surface area contributed by atoms with Crippen LogP contribution in [0.1, 0.15) is 46.0 Å². The Labute approximate surface area is 120 Å². The fraction of sp³-hybridized carbons (Fsp3) is 0.533. The fourth-order valence-corrected chi connectivity index (χ4v) is 2.01. The first-order chi connectivity index (χ1) is 9.38. The van der Waals surface area contributed by atoms with E-state index in [0.717, 1.165) is 17.1 Å². The zero-order chi connectivity index (χ0) is 14.8. The summed E-state index contributed by atoms with van der Waals surface area (Å²) in [6, 6.07) is 8.01. The average molecular weight is 274 g/mol. The van der Waals surface area contributed by atoms with Gasteiger partial charge in [-0.15, -0.1) is 5.10 Å². The molecule has 0 unspecified atom stereocenters. The van der Waals surface area contributed by atoms with Crippen LogP contribution in [0.15, 0.2) is 24.3 Å². The van der Waals surface area contributed by atoms with Crippen molar-refractivity contribution in [2.75, 3.05) is 0 Å². The van der Waals surface area contributed by atoms with E-state index in [9.17, 15) is 0 Å². The summed E-state index contributed by atoms with van der Waals surface area (Å²) in [6.45, 7) is 11.0. The summed E-state index contributed by atoms with van der Waals surface area (Å²) in [5, 5.41) is 12.0. The van der Waals surface area contributed by atoms with Crippen LogP contribution in [0.3, 0.4) is 0 Å². The van der Waals surface area contributed by atoms with Crippen LogP contribution >= 0.6 is 0 Å². The Bertz CT molecular complexity index is 569. The van der Waals surface area contributed by atoms with Gasteiger partial charge in [0.15, 0.2) is 5.82 Å². The van der Waals surface area contributed by atoms with Gasteiger partial charge >= 0.3 is 0 Å². The molecule has 0 spiro atoms. The number of benzene rings is 1. The summed E-state index contributed by atoms with van der Waals surface area (Å²) in [4.78, 5) is 0. The van der Waals surface area contributed by atoms with Crippen LogP contribution in [0.4, 0.5) is 0 Å². The maximum absolute atomic E-state index is 5.84. The minimum absolute atomic E-state index is 0.0860. The lowest BCUT2D eigenvalue weighted by Gasteiger charge is -2.18. The van der Waals surface area contributed by atoms with Crippen LogP contribution in [0.25, 0.3) is 0 Å². The first-order valence-corrected chi connectivity index (χ1v) is 6.89. The Balaban J connectivity index is 2.29. The number of hydrogen-bond acceptors (Lipinski definition) is 4. The van der Waals surface area contributed by atoms with E-state index in [1.807, 2.05) is 42.8 Å². The fourth-order valence-electron chi connectivity index (χ4n) is 2.01. The highest BCUT2D eigenvalue weighted by molar-refractivity contribution is 5.33. The smallest absolute Gasteiger partial charge is 0.156 e. The molecule has 0 atom stereocenters. The molecular formula is C15H22N4O. The van der Waals surface area contributed by atoms with Gasteiger partial charge < -0.3 is 4.74 Å². The van der Waals surface area contributed by atoms with Gasteiger partial charge in [-0.25, -0.2) is 4.68 Å². The molecule has 0 aliphatic carbocycles. The van der Waals surface area contributed by atoms with Gasteiger partial charge in [-0.1, -0.05) is 39.0 Å².